The number of imidazole rings is 1. The highest BCUT2D eigenvalue weighted by Gasteiger charge is 2.26. The molecule has 0 radical (unpaired) electrons. The van der Waals surface area contributed by atoms with Gasteiger partial charge in [0.1, 0.15) is 17.7 Å². The summed E-state index contributed by atoms with van der Waals surface area (Å²) in [4.78, 5) is 7.32. The minimum atomic E-state index is -0.0341. The maximum absolute atomic E-state index is 6.11. The Morgan fingerprint density at radius 3 is 2.76 bits per heavy atom. The number of aromatic nitrogens is 4. The molecule has 0 aliphatic carbocycles. The number of fused-ring (bicyclic) bond motifs is 1. The third-order valence-electron chi connectivity index (χ3n) is 6.26. The Morgan fingerprint density at radius 2 is 1.91 bits per heavy atom. The number of rotatable bonds is 8. The number of nitrogens with zero attached hydrogens (tertiary/aromatic N) is 5. The Bertz CT molecular complexity index is 1200. The summed E-state index contributed by atoms with van der Waals surface area (Å²) in [7, 11) is 1.99. The fourth-order valence-electron chi connectivity index (χ4n) is 4.54. The van der Waals surface area contributed by atoms with E-state index in [0.29, 0.717) is 13.2 Å². The van der Waals surface area contributed by atoms with Crippen molar-refractivity contribution >= 4 is 11.0 Å². The zero-order valence-electron chi connectivity index (χ0n) is 19.4. The first-order valence-corrected chi connectivity index (χ1v) is 11.7. The van der Waals surface area contributed by atoms with Gasteiger partial charge in [-0.25, -0.2) is 4.98 Å². The molecule has 0 bridgehead atoms. The van der Waals surface area contributed by atoms with Crippen LogP contribution in [0.2, 0.25) is 0 Å². The van der Waals surface area contributed by atoms with Gasteiger partial charge in [-0.3, -0.25) is 9.58 Å². The molecule has 7 heteroatoms. The zero-order valence-corrected chi connectivity index (χ0v) is 19.4. The molecule has 2 aromatic carbocycles. The smallest absolute Gasteiger partial charge is 0.124 e. The van der Waals surface area contributed by atoms with Crippen LogP contribution in [0.4, 0.5) is 0 Å². The van der Waals surface area contributed by atoms with Gasteiger partial charge in [0.25, 0.3) is 0 Å². The number of hydrogen-bond donors (Lipinski definition) is 0. The van der Waals surface area contributed by atoms with E-state index in [4.69, 9.17) is 19.6 Å². The molecule has 2 aromatic heterocycles. The van der Waals surface area contributed by atoms with Crippen molar-refractivity contribution in [2.24, 2.45) is 7.05 Å². The second-order valence-electron chi connectivity index (χ2n) is 8.45. The van der Waals surface area contributed by atoms with Crippen LogP contribution in [0.5, 0.6) is 5.75 Å². The molecule has 1 aliphatic heterocycles. The molecule has 3 heterocycles. The fraction of sp³-hybridized carbons (Fsp3) is 0.385. The first-order chi connectivity index (χ1) is 16.2. The summed E-state index contributed by atoms with van der Waals surface area (Å²) < 4.78 is 16.2. The SMILES string of the molecule is CCn1c(CN2CCO[C@H](c3cc(CCOc4ccccc4)n(C)n3)C2)nc2ccccc21. The van der Waals surface area contributed by atoms with Gasteiger partial charge in [-0.1, -0.05) is 30.3 Å². The van der Waals surface area contributed by atoms with E-state index < -0.39 is 0 Å². The normalized spacial score (nSPS) is 17.0. The van der Waals surface area contributed by atoms with E-state index in [2.05, 4.69) is 40.7 Å². The maximum Gasteiger partial charge on any atom is 0.124 e. The summed E-state index contributed by atoms with van der Waals surface area (Å²) in [6.07, 6.45) is 0.767. The molecule has 1 aliphatic rings. The molecule has 0 amide bonds. The molecule has 5 rings (SSSR count). The zero-order chi connectivity index (χ0) is 22.6. The van der Waals surface area contributed by atoms with Crippen molar-refractivity contribution in [3.05, 3.63) is 77.9 Å². The summed E-state index contributed by atoms with van der Waals surface area (Å²) in [6.45, 7) is 6.92. The molecule has 4 aromatic rings. The van der Waals surface area contributed by atoms with E-state index in [1.807, 2.05) is 48.1 Å². The summed E-state index contributed by atoms with van der Waals surface area (Å²) >= 11 is 0. The fourth-order valence-corrected chi connectivity index (χ4v) is 4.54. The molecule has 33 heavy (non-hydrogen) atoms. The predicted octanol–water partition coefficient (Wildman–Crippen LogP) is 3.98. The first kappa shape index (κ1) is 21.7. The van der Waals surface area contributed by atoms with Gasteiger partial charge >= 0.3 is 0 Å². The van der Waals surface area contributed by atoms with Crippen molar-refractivity contribution < 1.29 is 9.47 Å². The average molecular weight is 446 g/mol. The minimum absolute atomic E-state index is 0.0341. The van der Waals surface area contributed by atoms with Crippen LogP contribution < -0.4 is 4.74 Å². The topological polar surface area (TPSA) is 57.3 Å². The number of benzene rings is 2. The van der Waals surface area contributed by atoms with Gasteiger partial charge in [-0.05, 0) is 37.3 Å². The van der Waals surface area contributed by atoms with Crippen molar-refractivity contribution in [1.29, 1.82) is 0 Å². The Hall–Kier alpha value is -3.16. The lowest BCUT2D eigenvalue weighted by molar-refractivity contribution is -0.0361. The Labute approximate surface area is 194 Å². The van der Waals surface area contributed by atoms with Gasteiger partial charge in [0, 0.05) is 38.8 Å². The summed E-state index contributed by atoms with van der Waals surface area (Å²) in [5.41, 5.74) is 4.40. The Morgan fingerprint density at radius 1 is 1.09 bits per heavy atom. The van der Waals surface area contributed by atoms with Gasteiger partial charge in [0.05, 0.1) is 36.5 Å². The number of ether oxygens (including phenoxy) is 2. The average Bonchev–Trinajstić information content (AvgIpc) is 3.39. The van der Waals surface area contributed by atoms with Crippen molar-refractivity contribution in [2.75, 3.05) is 26.3 Å². The van der Waals surface area contributed by atoms with Crippen LogP contribution in [-0.4, -0.2) is 50.5 Å². The van der Waals surface area contributed by atoms with Gasteiger partial charge in [0.2, 0.25) is 0 Å². The highest BCUT2D eigenvalue weighted by molar-refractivity contribution is 5.75. The molecule has 1 saturated heterocycles. The maximum atomic E-state index is 6.11. The highest BCUT2D eigenvalue weighted by atomic mass is 16.5. The standard InChI is InChI=1S/C26H31N5O2/c1-3-31-24-12-8-7-11-22(24)27-26(31)19-30-14-16-33-25(18-30)23-17-20(29(2)28-23)13-15-32-21-9-5-4-6-10-21/h4-12,17,25H,3,13-16,18-19H2,1-2H3/t25-/m0/s1. The molecule has 0 spiro atoms. The lowest BCUT2D eigenvalue weighted by atomic mass is 10.2. The van der Waals surface area contributed by atoms with E-state index in [0.717, 1.165) is 61.1 Å². The van der Waals surface area contributed by atoms with Crippen LogP contribution in [0.3, 0.4) is 0 Å². The predicted molar refractivity (Wildman–Crippen MR) is 128 cm³/mol. The first-order valence-electron chi connectivity index (χ1n) is 11.7. The summed E-state index contributed by atoms with van der Waals surface area (Å²) in [5, 5.41) is 4.76. The third kappa shape index (κ3) is 4.79. The van der Waals surface area contributed by atoms with Crippen molar-refractivity contribution in [3.8, 4) is 5.75 Å². The highest BCUT2D eigenvalue weighted by Crippen LogP contribution is 2.24. The minimum Gasteiger partial charge on any atom is -0.493 e. The molecule has 0 unspecified atom stereocenters. The van der Waals surface area contributed by atoms with E-state index in [1.165, 1.54) is 5.52 Å². The second kappa shape index (κ2) is 9.77. The number of morpholine rings is 1. The van der Waals surface area contributed by atoms with E-state index >= 15 is 0 Å². The lowest BCUT2D eigenvalue weighted by Crippen LogP contribution is -2.38. The van der Waals surface area contributed by atoms with Crippen molar-refractivity contribution in [3.63, 3.8) is 0 Å². The summed E-state index contributed by atoms with van der Waals surface area (Å²) in [6, 6.07) is 20.4. The van der Waals surface area contributed by atoms with Crippen molar-refractivity contribution in [2.45, 2.75) is 32.5 Å². The largest absolute Gasteiger partial charge is 0.493 e. The van der Waals surface area contributed by atoms with Crippen LogP contribution >= 0.6 is 0 Å². The molecule has 1 fully saturated rings. The van der Waals surface area contributed by atoms with Crippen LogP contribution in [-0.2, 0) is 31.3 Å². The molecule has 172 valence electrons. The van der Waals surface area contributed by atoms with Gasteiger partial charge in [-0.2, -0.15) is 5.10 Å². The number of para-hydroxylation sites is 3. The van der Waals surface area contributed by atoms with E-state index in [9.17, 15) is 0 Å². The quantitative estimate of drug-likeness (QED) is 0.411. The lowest BCUT2D eigenvalue weighted by Gasteiger charge is -2.31. The van der Waals surface area contributed by atoms with Crippen molar-refractivity contribution in [1.82, 2.24) is 24.2 Å². The Balaban J connectivity index is 1.23. The van der Waals surface area contributed by atoms with Crippen LogP contribution in [0.1, 0.15) is 30.2 Å². The monoisotopic (exact) mass is 445 g/mol. The van der Waals surface area contributed by atoms with Crippen LogP contribution in [0.25, 0.3) is 11.0 Å². The summed E-state index contributed by atoms with van der Waals surface area (Å²) in [5.74, 6) is 2.00. The van der Waals surface area contributed by atoms with Crippen LogP contribution in [0.15, 0.2) is 60.7 Å². The van der Waals surface area contributed by atoms with Crippen LogP contribution in [0, 0.1) is 0 Å². The number of hydrogen-bond acceptors (Lipinski definition) is 5. The molecule has 0 N–H and O–H groups in total. The van der Waals surface area contributed by atoms with E-state index in [1.54, 1.807) is 0 Å². The van der Waals surface area contributed by atoms with Gasteiger partial charge in [0.15, 0.2) is 0 Å². The molecule has 7 nitrogen and oxygen atoms in total. The molecular weight excluding hydrogens is 414 g/mol. The molecule has 0 saturated carbocycles. The van der Waals surface area contributed by atoms with E-state index in [-0.39, 0.29) is 6.10 Å². The van der Waals surface area contributed by atoms with Gasteiger partial charge < -0.3 is 14.0 Å². The second-order valence-corrected chi connectivity index (χ2v) is 8.45. The molecule has 1 atom stereocenters. The van der Waals surface area contributed by atoms with Gasteiger partial charge in [-0.15, -0.1) is 0 Å². The molecular formula is C26H31N5O2. The third-order valence-corrected chi connectivity index (χ3v) is 6.26. The Kier molecular flexibility index (Phi) is 6.41. The number of aryl methyl sites for hydroxylation is 2.